The second kappa shape index (κ2) is 16.7. The quantitative estimate of drug-likeness (QED) is 0.217. The molecule has 0 bridgehead atoms. The number of nitrogen functional groups attached to an aromatic ring is 1. The van der Waals surface area contributed by atoms with Crippen LogP contribution in [0.25, 0.3) is 11.1 Å². The maximum absolute atomic E-state index is 6.49. The molecule has 1 aromatic carbocycles. The highest BCUT2D eigenvalue weighted by atomic mass is 16.5. The molecule has 3 heteroatoms. The highest BCUT2D eigenvalue weighted by molar-refractivity contribution is 5.80. The van der Waals surface area contributed by atoms with E-state index in [-0.39, 0.29) is 0 Å². The Kier molecular flexibility index (Phi) is 13.4. The summed E-state index contributed by atoms with van der Waals surface area (Å²) in [5, 5.41) is 0. The predicted octanol–water partition coefficient (Wildman–Crippen LogP) is 10.3. The van der Waals surface area contributed by atoms with Crippen molar-refractivity contribution in [3.63, 3.8) is 0 Å². The lowest BCUT2D eigenvalue weighted by Crippen LogP contribution is -2.15. The number of anilines is 1. The third-order valence-electron chi connectivity index (χ3n) is 8.33. The van der Waals surface area contributed by atoms with E-state index in [9.17, 15) is 0 Å². The zero-order valence-electron chi connectivity index (χ0n) is 24.2. The summed E-state index contributed by atoms with van der Waals surface area (Å²) in [6.07, 6.45) is 24.1. The van der Waals surface area contributed by atoms with Gasteiger partial charge in [0.15, 0.2) is 0 Å². The van der Waals surface area contributed by atoms with Gasteiger partial charge >= 0.3 is 0 Å². The number of hydrogen-bond acceptors (Lipinski definition) is 3. The van der Waals surface area contributed by atoms with Crippen LogP contribution >= 0.6 is 0 Å². The minimum atomic E-state index is 0.583. The van der Waals surface area contributed by atoms with Crippen molar-refractivity contribution in [3.05, 3.63) is 41.6 Å². The normalized spacial score (nSPS) is 17.7. The molecule has 1 heterocycles. The van der Waals surface area contributed by atoms with Gasteiger partial charge in [-0.15, -0.1) is 0 Å². The minimum Gasteiger partial charge on any atom is -0.493 e. The summed E-state index contributed by atoms with van der Waals surface area (Å²) < 4.78 is 6.49. The molecule has 0 aliphatic heterocycles. The topological polar surface area (TPSA) is 48.1 Å². The molecule has 1 fully saturated rings. The van der Waals surface area contributed by atoms with E-state index in [0.29, 0.717) is 11.7 Å². The molecular weight excluding hydrogens is 452 g/mol. The molecule has 0 spiro atoms. The van der Waals surface area contributed by atoms with E-state index in [4.69, 9.17) is 10.5 Å². The van der Waals surface area contributed by atoms with Crippen molar-refractivity contribution >= 4 is 5.82 Å². The first-order chi connectivity index (χ1) is 18.2. The number of nitrogens with zero attached hydrogens (tertiary/aromatic N) is 1. The maximum atomic E-state index is 6.49. The number of nitrogens with two attached hydrogens (primary N) is 1. The molecule has 1 saturated carbocycles. The van der Waals surface area contributed by atoms with Crippen LogP contribution in [-0.4, -0.2) is 11.6 Å². The third kappa shape index (κ3) is 9.34. The van der Waals surface area contributed by atoms with Crippen LogP contribution in [0.15, 0.2) is 30.5 Å². The number of hydrogen-bond donors (Lipinski definition) is 1. The summed E-state index contributed by atoms with van der Waals surface area (Å²) in [6, 6.07) is 8.99. The Labute approximate surface area is 228 Å². The number of rotatable bonds is 17. The smallest absolute Gasteiger partial charge is 0.131 e. The number of aromatic nitrogens is 1. The van der Waals surface area contributed by atoms with Crippen molar-refractivity contribution in [1.82, 2.24) is 4.98 Å². The lowest BCUT2D eigenvalue weighted by atomic mass is 9.76. The maximum Gasteiger partial charge on any atom is 0.131 e. The van der Waals surface area contributed by atoms with Crippen LogP contribution < -0.4 is 10.5 Å². The third-order valence-corrected chi connectivity index (χ3v) is 8.33. The SMILES string of the molecule is CCCCCCCCCc1cnc(N)c(-c2cccc(C3CCC(CCCCC)CC3)c2OCCC)c1. The zero-order chi connectivity index (χ0) is 26.3. The van der Waals surface area contributed by atoms with Crippen molar-refractivity contribution < 1.29 is 4.74 Å². The Morgan fingerprint density at radius 2 is 1.51 bits per heavy atom. The van der Waals surface area contributed by atoms with Crippen molar-refractivity contribution in [3.8, 4) is 16.9 Å². The molecule has 37 heavy (non-hydrogen) atoms. The molecule has 1 aliphatic rings. The molecule has 2 aromatic rings. The van der Waals surface area contributed by atoms with Crippen LogP contribution in [0.4, 0.5) is 5.82 Å². The molecule has 0 radical (unpaired) electrons. The van der Waals surface area contributed by atoms with E-state index in [1.165, 1.54) is 107 Å². The Balaban J connectivity index is 1.72. The summed E-state index contributed by atoms with van der Waals surface area (Å²) in [7, 11) is 0. The van der Waals surface area contributed by atoms with E-state index in [1.54, 1.807) is 0 Å². The molecule has 3 nitrogen and oxygen atoms in total. The minimum absolute atomic E-state index is 0.583. The van der Waals surface area contributed by atoms with Crippen molar-refractivity contribution in [2.45, 2.75) is 136 Å². The van der Waals surface area contributed by atoms with Gasteiger partial charge in [-0.1, -0.05) is 103 Å². The first-order valence-electron chi connectivity index (χ1n) is 15.7. The summed E-state index contributed by atoms with van der Waals surface area (Å²) in [4.78, 5) is 4.63. The average molecular weight is 507 g/mol. The zero-order valence-corrected chi connectivity index (χ0v) is 24.2. The van der Waals surface area contributed by atoms with Crippen molar-refractivity contribution in [1.29, 1.82) is 0 Å². The molecule has 1 aliphatic carbocycles. The van der Waals surface area contributed by atoms with Crippen LogP contribution in [0.3, 0.4) is 0 Å². The number of aryl methyl sites for hydroxylation is 1. The lowest BCUT2D eigenvalue weighted by Gasteiger charge is -2.30. The average Bonchev–Trinajstić information content (AvgIpc) is 2.92. The Morgan fingerprint density at radius 3 is 2.24 bits per heavy atom. The molecule has 0 amide bonds. The van der Waals surface area contributed by atoms with Gasteiger partial charge in [0.25, 0.3) is 0 Å². The van der Waals surface area contributed by atoms with Crippen LogP contribution in [0.1, 0.15) is 141 Å². The first-order valence-corrected chi connectivity index (χ1v) is 15.7. The van der Waals surface area contributed by atoms with Gasteiger partial charge in [0.2, 0.25) is 0 Å². The van der Waals surface area contributed by atoms with Gasteiger partial charge in [0.1, 0.15) is 11.6 Å². The second-order valence-corrected chi connectivity index (χ2v) is 11.4. The van der Waals surface area contributed by atoms with Gasteiger partial charge in [-0.05, 0) is 74.0 Å². The van der Waals surface area contributed by atoms with E-state index in [1.807, 2.05) is 6.20 Å². The summed E-state index contributed by atoms with van der Waals surface area (Å²) in [6.45, 7) is 7.50. The van der Waals surface area contributed by atoms with Crippen LogP contribution in [0.2, 0.25) is 0 Å². The number of benzene rings is 1. The highest BCUT2D eigenvalue weighted by Gasteiger charge is 2.26. The van der Waals surface area contributed by atoms with E-state index >= 15 is 0 Å². The molecule has 3 rings (SSSR count). The molecule has 2 N–H and O–H groups in total. The number of pyridine rings is 1. The fraction of sp³-hybridized carbons (Fsp3) is 0.676. The molecule has 206 valence electrons. The molecule has 1 aromatic heterocycles. The number of unbranched alkanes of at least 4 members (excludes halogenated alkanes) is 8. The number of para-hydroxylation sites is 1. The van der Waals surface area contributed by atoms with E-state index in [0.717, 1.165) is 42.2 Å². The molecule has 0 saturated heterocycles. The van der Waals surface area contributed by atoms with Gasteiger partial charge in [-0.2, -0.15) is 0 Å². The molecule has 0 atom stereocenters. The van der Waals surface area contributed by atoms with Gasteiger partial charge in [0.05, 0.1) is 6.61 Å². The number of ether oxygens (including phenoxy) is 1. The van der Waals surface area contributed by atoms with Gasteiger partial charge < -0.3 is 10.5 Å². The summed E-state index contributed by atoms with van der Waals surface area (Å²) >= 11 is 0. The predicted molar refractivity (Wildman–Crippen MR) is 160 cm³/mol. The lowest BCUT2D eigenvalue weighted by molar-refractivity contribution is 0.285. The largest absolute Gasteiger partial charge is 0.493 e. The van der Waals surface area contributed by atoms with Crippen LogP contribution in [-0.2, 0) is 6.42 Å². The highest BCUT2D eigenvalue weighted by Crippen LogP contribution is 2.45. The van der Waals surface area contributed by atoms with Crippen LogP contribution in [0.5, 0.6) is 5.75 Å². The Hall–Kier alpha value is -2.03. The molecular formula is C34H54N2O. The van der Waals surface area contributed by atoms with Gasteiger partial charge in [0, 0.05) is 17.3 Å². The Bertz CT molecular complexity index is 901. The monoisotopic (exact) mass is 506 g/mol. The van der Waals surface area contributed by atoms with E-state index < -0.39 is 0 Å². The van der Waals surface area contributed by atoms with Crippen molar-refractivity contribution in [2.24, 2.45) is 5.92 Å². The standard InChI is InChI=1S/C34H54N2O/c1-4-7-9-10-11-12-14-17-28-25-32(34(35)36-26-28)31-19-15-18-30(33(31)37-24-6-3)29-22-20-27(21-23-29)16-13-8-5-2/h15,18-19,25-27,29H,4-14,16-17,20-24H2,1-3H3,(H2,35,36). The fourth-order valence-corrected chi connectivity index (χ4v) is 6.06. The van der Waals surface area contributed by atoms with E-state index in [2.05, 4.69) is 50.0 Å². The summed E-state index contributed by atoms with van der Waals surface area (Å²) in [5.41, 5.74) is 11.3. The fourth-order valence-electron chi connectivity index (χ4n) is 6.06. The summed E-state index contributed by atoms with van der Waals surface area (Å²) in [5.74, 6) is 3.16. The van der Waals surface area contributed by atoms with Gasteiger partial charge in [-0.3, -0.25) is 0 Å². The second-order valence-electron chi connectivity index (χ2n) is 11.4. The van der Waals surface area contributed by atoms with Crippen LogP contribution in [0, 0.1) is 5.92 Å². The first kappa shape index (κ1) is 29.5. The Morgan fingerprint density at radius 1 is 0.811 bits per heavy atom. The van der Waals surface area contributed by atoms with Gasteiger partial charge in [-0.25, -0.2) is 4.98 Å². The van der Waals surface area contributed by atoms with Crippen molar-refractivity contribution in [2.75, 3.05) is 12.3 Å². The molecule has 0 unspecified atom stereocenters.